The molecule has 0 unspecified atom stereocenters. The number of rotatable bonds is 3. The van der Waals surface area contributed by atoms with Gasteiger partial charge in [0.2, 0.25) is 16.9 Å². The van der Waals surface area contributed by atoms with Gasteiger partial charge in [-0.3, -0.25) is 14.4 Å². The molecule has 0 saturated carbocycles. The van der Waals surface area contributed by atoms with Crippen molar-refractivity contribution in [3.05, 3.63) is 30.1 Å². The molecule has 1 aromatic rings. The van der Waals surface area contributed by atoms with Gasteiger partial charge in [0.1, 0.15) is 5.82 Å². The summed E-state index contributed by atoms with van der Waals surface area (Å²) in [6.45, 7) is 0.254. The molecule has 0 bridgehead atoms. The van der Waals surface area contributed by atoms with Gasteiger partial charge in [-0.1, -0.05) is 11.8 Å². The molecular weight excluding hydrogens is 307 g/mol. The van der Waals surface area contributed by atoms with Crippen molar-refractivity contribution in [1.29, 1.82) is 0 Å². The Balaban J connectivity index is 1.65. The summed E-state index contributed by atoms with van der Waals surface area (Å²) in [5, 5.41) is 2.70. The monoisotopic (exact) mass is 322 g/mol. The highest BCUT2D eigenvalue weighted by molar-refractivity contribution is 8.14. The number of amides is 2. The second-order valence-corrected chi connectivity index (χ2v) is 6.50. The maximum absolute atomic E-state index is 12.9. The van der Waals surface area contributed by atoms with Crippen LogP contribution in [-0.4, -0.2) is 35.3 Å². The van der Waals surface area contributed by atoms with Crippen molar-refractivity contribution in [3.8, 4) is 0 Å². The lowest BCUT2D eigenvalue weighted by Crippen LogP contribution is -2.41. The predicted molar refractivity (Wildman–Crippen MR) is 80.9 cm³/mol. The molecule has 1 aromatic carbocycles. The molecule has 7 heteroatoms. The van der Waals surface area contributed by atoms with E-state index in [1.807, 2.05) is 0 Å². The standard InChI is InChI=1S/C15H15FN2O3S/c16-10-1-3-11(4-2-10)18-8-9(7-13(18)19)14(20)17-12-5-6-22-15(12)21/h1-4,9,12H,5-8H2,(H,17,20)/t9-,12-/m0/s1. The van der Waals surface area contributed by atoms with Crippen molar-refractivity contribution >= 4 is 34.4 Å². The summed E-state index contributed by atoms with van der Waals surface area (Å²) in [7, 11) is 0. The minimum atomic E-state index is -0.476. The fraction of sp³-hybridized carbons (Fsp3) is 0.400. The summed E-state index contributed by atoms with van der Waals surface area (Å²) in [4.78, 5) is 37.3. The molecule has 2 aliphatic heterocycles. The number of hydrogen-bond donors (Lipinski definition) is 1. The Hall–Kier alpha value is -1.89. The highest BCUT2D eigenvalue weighted by Gasteiger charge is 2.37. The summed E-state index contributed by atoms with van der Waals surface area (Å²) in [6.07, 6.45) is 0.745. The van der Waals surface area contributed by atoms with Crippen LogP contribution in [-0.2, 0) is 14.4 Å². The van der Waals surface area contributed by atoms with Crippen LogP contribution in [0.3, 0.4) is 0 Å². The number of hydrogen-bond acceptors (Lipinski definition) is 4. The molecule has 0 radical (unpaired) electrons. The number of carbonyl (C=O) groups is 3. The Bertz CT molecular complexity index is 620. The Kier molecular flexibility index (Phi) is 4.15. The molecule has 2 fully saturated rings. The van der Waals surface area contributed by atoms with E-state index in [-0.39, 0.29) is 35.7 Å². The van der Waals surface area contributed by atoms with Crippen molar-refractivity contribution < 1.29 is 18.8 Å². The van der Waals surface area contributed by atoms with Gasteiger partial charge in [-0.2, -0.15) is 0 Å². The summed E-state index contributed by atoms with van der Waals surface area (Å²) < 4.78 is 12.9. The minimum Gasteiger partial charge on any atom is -0.345 e. The first-order chi connectivity index (χ1) is 10.5. The van der Waals surface area contributed by atoms with Crippen molar-refractivity contribution in [3.63, 3.8) is 0 Å². The van der Waals surface area contributed by atoms with Gasteiger partial charge in [0, 0.05) is 24.4 Å². The number of halogens is 1. The van der Waals surface area contributed by atoms with Gasteiger partial charge >= 0.3 is 0 Å². The van der Waals surface area contributed by atoms with Crippen LogP contribution in [0, 0.1) is 11.7 Å². The molecule has 2 saturated heterocycles. The zero-order valence-electron chi connectivity index (χ0n) is 11.8. The molecule has 1 N–H and O–H groups in total. The molecule has 0 spiro atoms. The normalized spacial score (nSPS) is 24.9. The fourth-order valence-corrected chi connectivity index (χ4v) is 3.60. The van der Waals surface area contributed by atoms with E-state index in [9.17, 15) is 18.8 Å². The van der Waals surface area contributed by atoms with E-state index < -0.39 is 12.0 Å². The Labute approximate surface area is 131 Å². The Morgan fingerprint density at radius 2 is 2.00 bits per heavy atom. The van der Waals surface area contributed by atoms with Gasteiger partial charge in [0.15, 0.2) is 0 Å². The van der Waals surface area contributed by atoms with Crippen LogP contribution in [0.5, 0.6) is 0 Å². The zero-order valence-corrected chi connectivity index (χ0v) is 12.6. The third kappa shape index (κ3) is 2.99. The fourth-order valence-electron chi connectivity index (χ4n) is 2.67. The van der Waals surface area contributed by atoms with Crippen LogP contribution in [0.2, 0.25) is 0 Å². The lowest BCUT2D eigenvalue weighted by molar-refractivity contribution is -0.128. The topological polar surface area (TPSA) is 66.5 Å². The van der Waals surface area contributed by atoms with Crippen LogP contribution in [0.15, 0.2) is 24.3 Å². The molecular formula is C15H15FN2O3S. The summed E-state index contributed by atoms with van der Waals surface area (Å²) >= 11 is 1.22. The molecule has 22 heavy (non-hydrogen) atoms. The smallest absolute Gasteiger partial charge is 0.227 e. The van der Waals surface area contributed by atoms with E-state index in [0.29, 0.717) is 12.1 Å². The third-order valence-corrected chi connectivity index (χ3v) is 4.89. The lowest BCUT2D eigenvalue weighted by atomic mass is 10.1. The van der Waals surface area contributed by atoms with E-state index in [2.05, 4.69) is 5.32 Å². The van der Waals surface area contributed by atoms with Crippen molar-refractivity contribution in [2.24, 2.45) is 5.92 Å². The molecule has 2 heterocycles. The number of nitrogens with one attached hydrogen (secondary N) is 1. The van der Waals surface area contributed by atoms with E-state index in [4.69, 9.17) is 0 Å². The molecule has 3 rings (SSSR count). The van der Waals surface area contributed by atoms with Gasteiger partial charge in [-0.15, -0.1) is 0 Å². The molecule has 0 aromatic heterocycles. The number of thioether (sulfide) groups is 1. The molecule has 2 atom stereocenters. The first-order valence-corrected chi connectivity index (χ1v) is 8.06. The van der Waals surface area contributed by atoms with E-state index in [0.717, 1.165) is 5.75 Å². The highest BCUT2D eigenvalue weighted by atomic mass is 32.2. The lowest BCUT2D eigenvalue weighted by Gasteiger charge is -2.17. The number of benzene rings is 1. The van der Waals surface area contributed by atoms with E-state index >= 15 is 0 Å². The first kappa shape index (κ1) is 15.0. The van der Waals surface area contributed by atoms with Crippen molar-refractivity contribution in [2.45, 2.75) is 18.9 Å². The van der Waals surface area contributed by atoms with Gasteiger partial charge in [-0.05, 0) is 30.7 Å². The van der Waals surface area contributed by atoms with Gasteiger partial charge in [-0.25, -0.2) is 4.39 Å². The van der Waals surface area contributed by atoms with Gasteiger partial charge in [0.25, 0.3) is 0 Å². The SMILES string of the molecule is O=C(N[C@H]1CCSC1=O)[C@H]1CC(=O)N(c2ccc(F)cc2)C1. The average Bonchev–Trinajstić information content (AvgIpc) is 3.07. The van der Waals surface area contributed by atoms with Gasteiger partial charge < -0.3 is 10.2 Å². The maximum atomic E-state index is 12.9. The first-order valence-electron chi connectivity index (χ1n) is 7.07. The van der Waals surface area contributed by atoms with Crippen LogP contribution < -0.4 is 10.2 Å². The minimum absolute atomic E-state index is 0.0203. The molecule has 0 aliphatic carbocycles. The maximum Gasteiger partial charge on any atom is 0.227 e. The van der Waals surface area contributed by atoms with Crippen molar-refractivity contribution in [1.82, 2.24) is 5.32 Å². The Morgan fingerprint density at radius 3 is 2.64 bits per heavy atom. The predicted octanol–water partition coefficient (Wildman–Crippen LogP) is 1.33. The van der Waals surface area contributed by atoms with Crippen LogP contribution in [0.1, 0.15) is 12.8 Å². The summed E-state index contributed by atoms with van der Waals surface area (Å²) in [5.74, 6) is -0.565. The Morgan fingerprint density at radius 1 is 1.27 bits per heavy atom. The average molecular weight is 322 g/mol. The number of carbonyl (C=O) groups excluding carboxylic acids is 3. The van der Waals surface area contributed by atoms with Crippen LogP contribution in [0.4, 0.5) is 10.1 Å². The highest BCUT2D eigenvalue weighted by Crippen LogP contribution is 2.26. The van der Waals surface area contributed by atoms with Crippen LogP contribution >= 0.6 is 11.8 Å². The van der Waals surface area contributed by atoms with Gasteiger partial charge in [0.05, 0.1) is 12.0 Å². The second-order valence-electron chi connectivity index (χ2n) is 5.40. The molecule has 2 amide bonds. The molecule has 5 nitrogen and oxygen atoms in total. The second kappa shape index (κ2) is 6.08. The molecule has 2 aliphatic rings. The molecule has 116 valence electrons. The van der Waals surface area contributed by atoms with E-state index in [1.165, 1.54) is 40.9 Å². The summed E-state index contributed by atoms with van der Waals surface area (Å²) in [6, 6.07) is 5.16. The van der Waals surface area contributed by atoms with E-state index in [1.54, 1.807) is 0 Å². The zero-order chi connectivity index (χ0) is 15.7. The number of nitrogens with zero attached hydrogens (tertiary/aromatic N) is 1. The third-order valence-electron chi connectivity index (χ3n) is 3.89. The quantitative estimate of drug-likeness (QED) is 0.912. The van der Waals surface area contributed by atoms with Crippen LogP contribution in [0.25, 0.3) is 0 Å². The van der Waals surface area contributed by atoms with Crippen molar-refractivity contribution in [2.75, 3.05) is 17.2 Å². The largest absolute Gasteiger partial charge is 0.345 e. The number of anilines is 1. The summed E-state index contributed by atoms with van der Waals surface area (Å²) in [5.41, 5.74) is 0.578.